The molecule has 0 spiro atoms. The van der Waals surface area contributed by atoms with Gasteiger partial charge in [-0.05, 0) is 18.1 Å². The zero-order chi connectivity index (χ0) is 12.9. The molecular weight excluding hydrogens is 244 g/mol. The Labute approximate surface area is 99.8 Å². The van der Waals surface area contributed by atoms with Gasteiger partial charge in [-0.3, -0.25) is 14.3 Å². The second kappa shape index (κ2) is 5.74. The highest BCUT2D eigenvalue weighted by molar-refractivity contribution is 7.87. The van der Waals surface area contributed by atoms with E-state index < -0.39 is 21.3 Å². The lowest BCUT2D eigenvalue weighted by Gasteiger charge is -2.11. The minimum Gasteiger partial charge on any atom is -0.351 e. The summed E-state index contributed by atoms with van der Waals surface area (Å²) in [6.45, 7) is 1.70. The van der Waals surface area contributed by atoms with Crippen LogP contribution in [0.1, 0.15) is 18.9 Å². The van der Waals surface area contributed by atoms with Gasteiger partial charge >= 0.3 is 0 Å². The van der Waals surface area contributed by atoms with E-state index in [0.717, 1.165) is 5.56 Å². The van der Waals surface area contributed by atoms with E-state index in [0.29, 0.717) is 0 Å². The maximum Gasteiger partial charge on any atom is 0.276 e. The maximum atomic E-state index is 11.5. The van der Waals surface area contributed by atoms with Crippen LogP contribution >= 0.6 is 0 Å². The first-order chi connectivity index (χ1) is 7.95. The van der Waals surface area contributed by atoms with E-state index in [4.69, 9.17) is 4.55 Å². The Morgan fingerprint density at radius 2 is 2.29 bits per heavy atom. The topological polar surface area (TPSA) is 96.4 Å². The van der Waals surface area contributed by atoms with Crippen LogP contribution in [0.15, 0.2) is 24.5 Å². The highest BCUT2D eigenvalue weighted by Crippen LogP contribution is 2.04. The Hall–Kier alpha value is -1.47. The zero-order valence-electron chi connectivity index (χ0n) is 9.33. The van der Waals surface area contributed by atoms with Gasteiger partial charge in [0.15, 0.2) is 5.25 Å². The predicted molar refractivity (Wildman–Crippen MR) is 61.7 cm³/mol. The largest absolute Gasteiger partial charge is 0.351 e. The molecule has 0 saturated carbocycles. The summed E-state index contributed by atoms with van der Waals surface area (Å²) in [5.41, 5.74) is 0.756. The molecule has 1 atom stereocenters. The third-order valence-electron chi connectivity index (χ3n) is 2.21. The van der Waals surface area contributed by atoms with Crippen LogP contribution in [-0.4, -0.2) is 29.1 Å². The standard InChI is InChI=1S/C10H14N2O4S/c1-2-9(17(14,15)16)10(13)12-7-8-4-3-5-11-6-8/h3-6,9H,2,7H2,1H3,(H,12,13)(H,14,15,16). The van der Waals surface area contributed by atoms with Gasteiger partial charge in [0.2, 0.25) is 5.91 Å². The summed E-state index contributed by atoms with van der Waals surface area (Å²) in [6.07, 6.45) is 3.19. The zero-order valence-corrected chi connectivity index (χ0v) is 10.1. The van der Waals surface area contributed by atoms with E-state index in [1.54, 1.807) is 24.5 Å². The molecule has 0 radical (unpaired) electrons. The quantitative estimate of drug-likeness (QED) is 0.743. The number of hydrogen-bond acceptors (Lipinski definition) is 4. The molecule has 0 bridgehead atoms. The predicted octanol–water partition coefficient (Wildman–Crippen LogP) is 0.364. The minimum absolute atomic E-state index is 0.0255. The molecule has 1 rings (SSSR count). The first-order valence-corrected chi connectivity index (χ1v) is 6.58. The number of nitrogens with one attached hydrogen (secondary N) is 1. The van der Waals surface area contributed by atoms with Crippen molar-refractivity contribution in [3.63, 3.8) is 0 Å². The Kier molecular flexibility index (Phi) is 4.59. The van der Waals surface area contributed by atoms with Crippen molar-refractivity contribution >= 4 is 16.0 Å². The number of pyridine rings is 1. The molecule has 1 aromatic rings. The monoisotopic (exact) mass is 258 g/mol. The molecule has 1 unspecified atom stereocenters. The lowest BCUT2D eigenvalue weighted by molar-refractivity contribution is -0.121. The highest BCUT2D eigenvalue weighted by atomic mass is 32.2. The number of amides is 1. The van der Waals surface area contributed by atoms with Crippen LogP contribution in [0.3, 0.4) is 0 Å². The van der Waals surface area contributed by atoms with Gasteiger partial charge in [-0.25, -0.2) is 0 Å². The second-order valence-electron chi connectivity index (χ2n) is 3.49. The fraction of sp³-hybridized carbons (Fsp3) is 0.400. The molecule has 7 heteroatoms. The normalized spacial score (nSPS) is 13.1. The van der Waals surface area contributed by atoms with E-state index in [9.17, 15) is 13.2 Å². The fourth-order valence-corrected chi connectivity index (χ4v) is 2.11. The van der Waals surface area contributed by atoms with Gasteiger partial charge in [0, 0.05) is 18.9 Å². The first-order valence-electron chi connectivity index (χ1n) is 5.08. The van der Waals surface area contributed by atoms with Gasteiger partial charge in [0.1, 0.15) is 0 Å². The van der Waals surface area contributed by atoms with Crippen LogP contribution in [0.5, 0.6) is 0 Å². The van der Waals surface area contributed by atoms with Crippen molar-refractivity contribution < 1.29 is 17.8 Å². The van der Waals surface area contributed by atoms with Crippen LogP contribution in [0.2, 0.25) is 0 Å². The van der Waals surface area contributed by atoms with Gasteiger partial charge in [0.05, 0.1) is 0 Å². The molecular formula is C10H14N2O4S. The SMILES string of the molecule is CCC(C(=O)NCc1cccnc1)S(=O)(=O)O. The average molecular weight is 258 g/mol. The number of nitrogens with zero attached hydrogens (tertiary/aromatic N) is 1. The Morgan fingerprint density at radius 1 is 1.59 bits per heavy atom. The van der Waals surface area contributed by atoms with Crippen LogP contribution < -0.4 is 5.32 Å². The number of rotatable bonds is 5. The van der Waals surface area contributed by atoms with Crippen LogP contribution in [0.25, 0.3) is 0 Å². The Balaban J connectivity index is 2.61. The molecule has 6 nitrogen and oxygen atoms in total. The lowest BCUT2D eigenvalue weighted by atomic mass is 10.2. The van der Waals surface area contributed by atoms with Crippen molar-refractivity contribution in [1.29, 1.82) is 0 Å². The number of aromatic nitrogens is 1. The number of carbonyl (C=O) groups excluding carboxylic acids is 1. The summed E-state index contributed by atoms with van der Waals surface area (Å²) < 4.78 is 30.6. The summed E-state index contributed by atoms with van der Waals surface area (Å²) in [4.78, 5) is 15.4. The van der Waals surface area contributed by atoms with Gasteiger partial charge in [-0.1, -0.05) is 13.0 Å². The Morgan fingerprint density at radius 3 is 2.76 bits per heavy atom. The van der Waals surface area contributed by atoms with E-state index in [1.807, 2.05) is 0 Å². The van der Waals surface area contributed by atoms with Crippen molar-refractivity contribution in [2.24, 2.45) is 0 Å². The first kappa shape index (κ1) is 13.6. The third kappa shape index (κ3) is 4.12. The Bertz CT molecular complexity index is 472. The van der Waals surface area contributed by atoms with E-state index in [2.05, 4.69) is 10.3 Å². The van der Waals surface area contributed by atoms with E-state index >= 15 is 0 Å². The molecule has 94 valence electrons. The number of hydrogen-bond donors (Lipinski definition) is 2. The lowest BCUT2D eigenvalue weighted by Crippen LogP contribution is -2.38. The smallest absolute Gasteiger partial charge is 0.276 e. The third-order valence-corrected chi connectivity index (χ3v) is 3.48. The van der Waals surface area contributed by atoms with Crippen LogP contribution in [-0.2, 0) is 21.5 Å². The summed E-state index contributed by atoms with van der Waals surface area (Å²) >= 11 is 0. The van der Waals surface area contributed by atoms with Crippen molar-refractivity contribution in [2.45, 2.75) is 25.1 Å². The number of carbonyl (C=O) groups is 1. The van der Waals surface area contributed by atoms with Crippen molar-refractivity contribution in [3.05, 3.63) is 30.1 Å². The van der Waals surface area contributed by atoms with Gasteiger partial charge in [-0.15, -0.1) is 0 Å². The molecule has 1 amide bonds. The molecule has 2 N–H and O–H groups in total. The average Bonchev–Trinajstić information content (AvgIpc) is 2.27. The fourth-order valence-electron chi connectivity index (χ4n) is 1.34. The molecule has 0 aromatic carbocycles. The molecule has 0 aliphatic rings. The molecule has 0 fully saturated rings. The summed E-state index contributed by atoms with van der Waals surface area (Å²) in [6, 6.07) is 3.46. The van der Waals surface area contributed by atoms with Crippen molar-refractivity contribution in [2.75, 3.05) is 0 Å². The second-order valence-corrected chi connectivity index (χ2v) is 5.09. The highest BCUT2D eigenvalue weighted by Gasteiger charge is 2.28. The minimum atomic E-state index is -4.35. The van der Waals surface area contributed by atoms with Gasteiger partial charge in [0.25, 0.3) is 10.1 Å². The van der Waals surface area contributed by atoms with Crippen molar-refractivity contribution in [3.8, 4) is 0 Å². The molecule has 1 aromatic heterocycles. The van der Waals surface area contributed by atoms with Gasteiger partial charge < -0.3 is 5.32 Å². The van der Waals surface area contributed by atoms with Crippen LogP contribution in [0, 0.1) is 0 Å². The summed E-state index contributed by atoms with van der Waals surface area (Å²) in [5.74, 6) is -0.709. The maximum absolute atomic E-state index is 11.5. The molecule has 0 aliphatic carbocycles. The molecule has 1 heterocycles. The van der Waals surface area contributed by atoms with E-state index in [-0.39, 0.29) is 13.0 Å². The van der Waals surface area contributed by atoms with E-state index in [1.165, 1.54) is 6.92 Å². The van der Waals surface area contributed by atoms with Gasteiger partial charge in [-0.2, -0.15) is 8.42 Å². The molecule has 0 saturated heterocycles. The summed E-state index contributed by atoms with van der Waals surface area (Å²) in [7, 11) is -4.35. The molecule has 17 heavy (non-hydrogen) atoms. The molecule has 0 aliphatic heterocycles. The summed E-state index contributed by atoms with van der Waals surface area (Å²) in [5, 5.41) is 1.02. The van der Waals surface area contributed by atoms with Crippen LogP contribution in [0.4, 0.5) is 0 Å². The van der Waals surface area contributed by atoms with Crippen molar-refractivity contribution in [1.82, 2.24) is 10.3 Å².